The molecular weight excluding hydrogens is 248 g/mol. The first-order valence-electron chi connectivity index (χ1n) is 4.43. The van der Waals surface area contributed by atoms with Gasteiger partial charge in [-0.2, -0.15) is 5.01 Å². The number of amides is 1. The molecule has 0 spiro atoms. The van der Waals surface area contributed by atoms with Gasteiger partial charge in [0.2, 0.25) is 6.41 Å². The van der Waals surface area contributed by atoms with E-state index in [4.69, 9.17) is 17.4 Å². The standard InChI is InChI=1S/C9H9ClN4OS/c10-7-3-1-6(2-4-7)8-12-13(5-15)9(16)14(8)11/h1-5,9,16H,11H2. The summed E-state index contributed by atoms with van der Waals surface area (Å²) in [4.78, 5) is 10.7. The van der Waals surface area contributed by atoms with Gasteiger partial charge in [0, 0.05) is 10.6 Å². The third-order valence-electron chi connectivity index (χ3n) is 2.15. The second-order valence-electron chi connectivity index (χ2n) is 3.17. The van der Waals surface area contributed by atoms with Crippen molar-refractivity contribution in [2.75, 3.05) is 0 Å². The maximum atomic E-state index is 10.7. The molecule has 0 aliphatic carbocycles. The van der Waals surface area contributed by atoms with E-state index in [2.05, 4.69) is 17.7 Å². The molecule has 2 N–H and O–H groups in total. The van der Waals surface area contributed by atoms with Crippen molar-refractivity contribution in [1.29, 1.82) is 0 Å². The molecule has 1 heterocycles. The molecule has 0 aromatic heterocycles. The predicted octanol–water partition coefficient (Wildman–Crippen LogP) is 0.863. The van der Waals surface area contributed by atoms with Gasteiger partial charge in [-0.3, -0.25) is 9.80 Å². The zero-order chi connectivity index (χ0) is 11.7. The summed E-state index contributed by atoms with van der Waals surface area (Å²) in [5, 5.41) is 7.10. The van der Waals surface area contributed by atoms with Gasteiger partial charge in [0.1, 0.15) is 0 Å². The molecule has 1 aromatic rings. The summed E-state index contributed by atoms with van der Waals surface area (Å²) >= 11 is 9.92. The molecular formula is C9H9ClN4OS. The van der Waals surface area contributed by atoms with Crippen molar-refractivity contribution in [3.8, 4) is 0 Å². The molecule has 16 heavy (non-hydrogen) atoms. The topological polar surface area (TPSA) is 61.9 Å². The number of thiol groups is 1. The Labute approximate surface area is 103 Å². The summed E-state index contributed by atoms with van der Waals surface area (Å²) in [5.41, 5.74) is 0.193. The number of hydrogen-bond donors (Lipinski definition) is 2. The van der Waals surface area contributed by atoms with Crippen LogP contribution in [-0.4, -0.2) is 27.8 Å². The van der Waals surface area contributed by atoms with E-state index in [1.54, 1.807) is 24.3 Å². The molecule has 0 radical (unpaired) electrons. The smallest absolute Gasteiger partial charge is 0.232 e. The number of hydrazone groups is 1. The van der Waals surface area contributed by atoms with Crippen molar-refractivity contribution in [3.05, 3.63) is 34.9 Å². The first-order chi connectivity index (χ1) is 7.63. The highest BCUT2D eigenvalue weighted by atomic mass is 35.5. The summed E-state index contributed by atoms with van der Waals surface area (Å²) in [6.07, 6.45) is 0.570. The van der Waals surface area contributed by atoms with Crippen LogP contribution in [0, 0.1) is 0 Å². The molecule has 1 aliphatic rings. The number of hydrogen-bond acceptors (Lipinski definition) is 5. The highest BCUT2D eigenvalue weighted by molar-refractivity contribution is 7.80. The number of carbonyl (C=O) groups excluding carboxylic acids is 1. The molecule has 1 amide bonds. The molecule has 1 unspecified atom stereocenters. The number of rotatable bonds is 2. The van der Waals surface area contributed by atoms with Gasteiger partial charge in [-0.15, -0.1) is 17.7 Å². The Kier molecular flexibility index (Phi) is 3.04. The lowest BCUT2D eigenvalue weighted by Gasteiger charge is -2.19. The van der Waals surface area contributed by atoms with Crippen molar-refractivity contribution >= 4 is 36.5 Å². The Morgan fingerprint density at radius 1 is 1.44 bits per heavy atom. The molecule has 0 saturated heterocycles. The van der Waals surface area contributed by atoms with Crippen molar-refractivity contribution < 1.29 is 4.79 Å². The summed E-state index contributed by atoms with van der Waals surface area (Å²) in [7, 11) is 0. The number of nitrogens with two attached hydrogens (primary N) is 1. The van der Waals surface area contributed by atoms with E-state index in [9.17, 15) is 4.79 Å². The second kappa shape index (κ2) is 4.32. The Bertz CT molecular complexity index is 436. The fourth-order valence-electron chi connectivity index (χ4n) is 1.33. The minimum Gasteiger partial charge on any atom is -0.277 e. The molecule has 1 aliphatic heterocycles. The number of benzene rings is 1. The van der Waals surface area contributed by atoms with E-state index in [0.29, 0.717) is 17.3 Å². The molecule has 5 nitrogen and oxygen atoms in total. The third kappa shape index (κ3) is 1.87. The monoisotopic (exact) mass is 256 g/mol. The predicted molar refractivity (Wildman–Crippen MR) is 64.7 cm³/mol. The number of carbonyl (C=O) groups is 1. The van der Waals surface area contributed by atoms with Crippen LogP contribution in [0.1, 0.15) is 5.56 Å². The van der Waals surface area contributed by atoms with E-state index < -0.39 is 5.50 Å². The van der Waals surface area contributed by atoms with Crippen LogP contribution in [0.25, 0.3) is 0 Å². The minimum absolute atomic E-state index is 0.476. The van der Waals surface area contributed by atoms with Gasteiger partial charge in [-0.05, 0) is 24.3 Å². The maximum absolute atomic E-state index is 10.7. The third-order valence-corrected chi connectivity index (χ3v) is 2.89. The fourth-order valence-corrected chi connectivity index (χ4v) is 1.67. The molecule has 7 heteroatoms. The van der Waals surface area contributed by atoms with Gasteiger partial charge < -0.3 is 0 Å². The minimum atomic E-state index is -0.580. The van der Waals surface area contributed by atoms with Gasteiger partial charge in [-0.25, -0.2) is 5.84 Å². The van der Waals surface area contributed by atoms with Gasteiger partial charge in [-0.1, -0.05) is 11.6 Å². The zero-order valence-electron chi connectivity index (χ0n) is 8.12. The second-order valence-corrected chi connectivity index (χ2v) is 4.07. The van der Waals surface area contributed by atoms with E-state index >= 15 is 0 Å². The molecule has 0 saturated carbocycles. The lowest BCUT2D eigenvalue weighted by Crippen LogP contribution is -2.43. The van der Waals surface area contributed by atoms with Crippen molar-refractivity contribution in [1.82, 2.24) is 10.0 Å². The summed E-state index contributed by atoms with van der Waals surface area (Å²) < 4.78 is 0. The largest absolute Gasteiger partial charge is 0.277 e. The Morgan fingerprint density at radius 2 is 2.06 bits per heavy atom. The Balaban J connectivity index is 2.34. The highest BCUT2D eigenvalue weighted by Crippen LogP contribution is 2.19. The van der Waals surface area contributed by atoms with E-state index in [1.165, 1.54) is 5.01 Å². The van der Waals surface area contributed by atoms with Gasteiger partial charge >= 0.3 is 0 Å². The fraction of sp³-hybridized carbons (Fsp3) is 0.111. The first kappa shape index (κ1) is 11.3. The summed E-state index contributed by atoms with van der Waals surface area (Å²) in [6, 6.07) is 7.00. The number of hydrazine groups is 1. The summed E-state index contributed by atoms with van der Waals surface area (Å²) in [5.74, 6) is 6.23. The van der Waals surface area contributed by atoms with Crippen LogP contribution < -0.4 is 5.84 Å². The molecule has 84 valence electrons. The molecule has 2 rings (SSSR count). The molecule has 1 aromatic carbocycles. The lowest BCUT2D eigenvalue weighted by atomic mass is 10.2. The van der Waals surface area contributed by atoms with Gasteiger partial charge in [0.05, 0.1) is 0 Å². The van der Waals surface area contributed by atoms with Crippen molar-refractivity contribution in [2.24, 2.45) is 10.9 Å². The van der Waals surface area contributed by atoms with Crippen LogP contribution in [0.15, 0.2) is 29.4 Å². The first-order valence-corrected chi connectivity index (χ1v) is 5.33. The van der Waals surface area contributed by atoms with Gasteiger partial charge in [0.15, 0.2) is 11.3 Å². The lowest BCUT2D eigenvalue weighted by molar-refractivity contribution is -0.119. The SMILES string of the molecule is NN1C(c2ccc(Cl)cc2)=NN(C=O)C1S. The maximum Gasteiger partial charge on any atom is 0.232 e. The van der Waals surface area contributed by atoms with Crippen molar-refractivity contribution in [3.63, 3.8) is 0 Å². The Hall–Kier alpha value is -1.24. The van der Waals surface area contributed by atoms with E-state index in [-0.39, 0.29) is 0 Å². The normalized spacial score (nSPS) is 19.9. The number of amidine groups is 1. The van der Waals surface area contributed by atoms with Crippen LogP contribution in [0.2, 0.25) is 5.02 Å². The summed E-state index contributed by atoms with van der Waals surface area (Å²) in [6.45, 7) is 0. The van der Waals surface area contributed by atoms with E-state index in [0.717, 1.165) is 10.6 Å². The van der Waals surface area contributed by atoms with E-state index in [1.807, 2.05) is 0 Å². The number of halogens is 1. The average Bonchev–Trinajstić information content (AvgIpc) is 2.57. The van der Waals surface area contributed by atoms with Crippen molar-refractivity contribution in [2.45, 2.75) is 5.50 Å². The van der Waals surface area contributed by atoms with Gasteiger partial charge in [0.25, 0.3) is 0 Å². The van der Waals surface area contributed by atoms with Crippen LogP contribution in [0.4, 0.5) is 0 Å². The number of nitrogens with zero attached hydrogens (tertiary/aromatic N) is 3. The Morgan fingerprint density at radius 3 is 2.56 bits per heavy atom. The van der Waals surface area contributed by atoms with Crippen LogP contribution in [0.3, 0.4) is 0 Å². The molecule has 0 bridgehead atoms. The quantitative estimate of drug-likeness (QED) is 0.469. The van der Waals surface area contributed by atoms with Crippen LogP contribution in [-0.2, 0) is 4.79 Å². The zero-order valence-corrected chi connectivity index (χ0v) is 9.77. The molecule has 0 fully saturated rings. The van der Waals surface area contributed by atoms with Crippen LogP contribution >= 0.6 is 24.2 Å². The highest BCUT2D eigenvalue weighted by Gasteiger charge is 2.29. The molecule has 1 atom stereocenters. The average molecular weight is 257 g/mol. The van der Waals surface area contributed by atoms with Crippen LogP contribution in [0.5, 0.6) is 0 Å².